The first-order valence-electron chi connectivity index (χ1n) is 9.28. The summed E-state index contributed by atoms with van der Waals surface area (Å²) in [4.78, 5) is 17.0. The first-order valence-corrected chi connectivity index (χ1v) is 10.1. The predicted octanol–water partition coefficient (Wildman–Crippen LogP) is 3.88. The van der Waals surface area contributed by atoms with Gasteiger partial charge in [0.15, 0.2) is 5.82 Å². The summed E-state index contributed by atoms with van der Waals surface area (Å²) >= 11 is 3.39. The molecule has 0 fully saturated rings. The predicted molar refractivity (Wildman–Crippen MR) is 107 cm³/mol. The Bertz CT molecular complexity index is 971. The van der Waals surface area contributed by atoms with Crippen LogP contribution in [0.15, 0.2) is 47.1 Å². The molecule has 1 amide bonds. The summed E-state index contributed by atoms with van der Waals surface area (Å²) in [6.45, 7) is 1.22. The molecule has 0 unspecified atom stereocenters. The molecule has 4 rings (SSSR count). The number of nitrogens with one attached hydrogen (secondary N) is 1. The van der Waals surface area contributed by atoms with Crippen LogP contribution in [0.2, 0.25) is 0 Å². The molecule has 3 heterocycles. The summed E-state index contributed by atoms with van der Waals surface area (Å²) in [7, 11) is 0. The van der Waals surface area contributed by atoms with Crippen LogP contribution in [0.25, 0.3) is 0 Å². The fourth-order valence-electron chi connectivity index (χ4n) is 3.19. The maximum absolute atomic E-state index is 12.7. The number of nitrogens with zero attached hydrogens (tertiary/aromatic N) is 4. The molecule has 1 aliphatic rings. The molecule has 7 nitrogen and oxygen atoms in total. The Balaban J connectivity index is 1.47. The maximum Gasteiger partial charge on any atom is 0.257 e. The van der Waals surface area contributed by atoms with Gasteiger partial charge in [-0.1, -0.05) is 22.4 Å². The van der Waals surface area contributed by atoms with Crippen molar-refractivity contribution in [1.29, 1.82) is 0 Å². The first kappa shape index (κ1) is 18.6. The molecule has 1 N–H and O–H groups in total. The van der Waals surface area contributed by atoms with Crippen LogP contribution < -0.4 is 10.1 Å². The molecular weight excluding hydrogens is 422 g/mol. The van der Waals surface area contributed by atoms with Crippen LogP contribution in [0.5, 0.6) is 11.6 Å². The van der Waals surface area contributed by atoms with Crippen molar-refractivity contribution < 1.29 is 9.53 Å². The summed E-state index contributed by atoms with van der Waals surface area (Å²) in [5, 5.41) is 11.4. The van der Waals surface area contributed by atoms with Crippen LogP contribution in [0, 0.1) is 0 Å². The molecule has 0 saturated heterocycles. The van der Waals surface area contributed by atoms with Gasteiger partial charge in [0.1, 0.15) is 17.1 Å². The minimum atomic E-state index is -0.258. The molecule has 1 aliphatic heterocycles. The molecule has 0 aliphatic carbocycles. The molecular formula is C20H20BrN5O2. The number of aromatic nitrogens is 4. The monoisotopic (exact) mass is 441 g/mol. The Labute approximate surface area is 171 Å². The van der Waals surface area contributed by atoms with Gasteiger partial charge in [-0.2, -0.15) is 0 Å². The zero-order valence-electron chi connectivity index (χ0n) is 15.3. The van der Waals surface area contributed by atoms with Gasteiger partial charge in [-0.05, 0) is 49.2 Å². The third kappa shape index (κ3) is 4.22. The smallest absolute Gasteiger partial charge is 0.257 e. The van der Waals surface area contributed by atoms with Crippen molar-refractivity contribution >= 4 is 21.8 Å². The summed E-state index contributed by atoms with van der Waals surface area (Å²) in [5.74, 6) is 2.40. The van der Waals surface area contributed by atoms with Crippen molar-refractivity contribution in [1.82, 2.24) is 25.1 Å². The molecule has 28 heavy (non-hydrogen) atoms. The topological polar surface area (TPSA) is 81.9 Å². The van der Waals surface area contributed by atoms with Crippen molar-refractivity contribution in [2.75, 3.05) is 0 Å². The van der Waals surface area contributed by atoms with Gasteiger partial charge in [0, 0.05) is 23.6 Å². The number of hydrogen-bond acceptors (Lipinski definition) is 5. The van der Waals surface area contributed by atoms with Gasteiger partial charge in [-0.15, -0.1) is 10.2 Å². The highest BCUT2D eigenvalue weighted by atomic mass is 79.9. The zero-order valence-corrected chi connectivity index (χ0v) is 16.9. The minimum Gasteiger partial charge on any atom is -0.438 e. The lowest BCUT2D eigenvalue weighted by molar-refractivity contribution is 0.0946. The van der Waals surface area contributed by atoms with E-state index in [4.69, 9.17) is 4.74 Å². The van der Waals surface area contributed by atoms with E-state index in [0.29, 0.717) is 17.9 Å². The van der Waals surface area contributed by atoms with Crippen LogP contribution in [0.3, 0.4) is 0 Å². The number of carbonyl (C=O) groups is 1. The highest BCUT2D eigenvalue weighted by molar-refractivity contribution is 9.10. The van der Waals surface area contributed by atoms with E-state index in [9.17, 15) is 4.79 Å². The van der Waals surface area contributed by atoms with Crippen molar-refractivity contribution in [3.05, 3.63) is 64.3 Å². The van der Waals surface area contributed by atoms with E-state index in [1.165, 1.54) is 6.42 Å². The number of ether oxygens (including phenoxy) is 1. The van der Waals surface area contributed by atoms with E-state index in [1.54, 1.807) is 18.3 Å². The van der Waals surface area contributed by atoms with E-state index in [1.807, 2.05) is 24.3 Å². The third-order valence-electron chi connectivity index (χ3n) is 4.64. The van der Waals surface area contributed by atoms with Crippen molar-refractivity contribution in [3.63, 3.8) is 0 Å². The average Bonchev–Trinajstić information content (AvgIpc) is 2.94. The first-order chi connectivity index (χ1) is 13.7. The van der Waals surface area contributed by atoms with Gasteiger partial charge in [0.25, 0.3) is 5.91 Å². The quantitative estimate of drug-likeness (QED) is 0.649. The van der Waals surface area contributed by atoms with Gasteiger partial charge in [-0.3, -0.25) is 4.79 Å². The lowest BCUT2D eigenvalue weighted by Crippen LogP contribution is -2.25. The number of hydrogen-bond donors (Lipinski definition) is 1. The molecule has 0 spiro atoms. The molecule has 3 aromatic rings. The molecule has 8 heteroatoms. The molecule has 0 radical (unpaired) electrons. The molecule has 2 aromatic heterocycles. The molecule has 144 valence electrons. The van der Waals surface area contributed by atoms with Gasteiger partial charge in [0.05, 0.1) is 6.54 Å². The Hall–Kier alpha value is -2.74. The lowest BCUT2D eigenvalue weighted by atomic mass is 10.2. The van der Waals surface area contributed by atoms with Gasteiger partial charge in [-0.25, -0.2) is 4.98 Å². The second kappa shape index (κ2) is 8.52. The Morgan fingerprint density at radius 1 is 1.14 bits per heavy atom. The number of benzene rings is 1. The van der Waals surface area contributed by atoms with Crippen LogP contribution in [0.4, 0.5) is 0 Å². The number of pyridine rings is 1. The van der Waals surface area contributed by atoms with E-state index in [2.05, 4.69) is 41.0 Å². The summed E-state index contributed by atoms with van der Waals surface area (Å²) in [5.41, 5.74) is 0.376. The van der Waals surface area contributed by atoms with Gasteiger partial charge >= 0.3 is 0 Å². The summed E-state index contributed by atoms with van der Waals surface area (Å²) < 4.78 is 8.87. The highest BCUT2D eigenvalue weighted by Crippen LogP contribution is 2.24. The number of fused-ring (bicyclic) bond motifs is 1. The highest BCUT2D eigenvalue weighted by Gasteiger charge is 2.18. The van der Waals surface area contributed by atoms with Crippen molar-refractivity contribution in [2.45, 2.75) is 38.8 Å². The Morgan fingerprint density at radius 2 is 2.00 bits per heavy atom. The maximum atomic E-state index is 12.7. The van der Waals surface area contributed by atoms with E-state index >= 15 is 0 Å². The molecule has 0 saturated carbocycles. The van der Waals surface area contributed by atoms with Crippen LogP contribution in [0.1, 0.15) is 41.3 Å². The largest absolute Gasteiger partial charge is 0.438 e. The Morgan fingerprint density at radius 3 is 2.86 bits per heavy atom. The zero-order chi connectivity index (χ0) is 19.3. The van der Waals surface area contributed by atoms with E-state index < -0.39 is 0 Å². The van der Waals surface area contributed by atoms with Crippen molar-refractivity contribution in [2.24, 2.45) is 0 Å². The van der Waals surface area contributed by atoms with Gasteiger partial charge in [0.2, 0.25) is 5.88 Å². The second-order valence-corrected chi connectivity index (χ2v) is 7.51. The minimum absolute atomic E-state index is 0.258. The van der Waals surface area contributed by atoms with Crippen LogP contribution in [-0.2, 0) is 19.5 Å². The number of halogens is 1. The van der Waals surface area contributed by atoms with E-state index in [0.717, 1.165) is 41.9 Å². The lowest BCUT2D eigenvalue weighted by Gasteiger charge is -2.11. The van der Waals surface area contributed by atoms with Crippen molar-refractivity contribution in [3.8, 4) is 11.6 Å². The number of aryl methyl sites for hydroxylation is 1. The Kier molecular flexibility index (Phi) is 5.66. The molecule has 1 aromatic carbocycles. The number of carbonyl (C=O) groups excluding carboxylic acids is 1. The standard InChI is InChI=1S/C20H20BrN5O2/c21-14-7-9-15(10-8-14)28-20-16(5-4-11-22-20)19(27)23-13-18-25-24-17-6-2-1-3-12-26(17)18/h4-5,7-11H,1-3,6,12-13H2,(H,23,27). The van der Waals surface area contributed by atoms with Gasteiger partial charge < -0.3 is 14.6 Å². The fourth-order valence-corrected chi connectivity index (χ4v) is 3.45. The average molecular weight is 442 g/mol. The molecule has 0 atom stereocenters. The summed E-state index contributed by atoms with van der Waals surface area (Å²) in [6.07, 6.45) is 5.98. The third-order valence-corrected chi connectivity index (χ3v) is 5.17. The van der Waals surface area contributed by atoms with Crippen LogP contribution in [-0.4, -0.2) is 25.7 Å². The van der Waals surface area contributed by atoms with E-state index in [-0.39, 0.29) is 11.8 Å². The second-order valence-electron chi connectivity index (χ2n) is 6.59. The molecule has 0 bridgehead atoms. The SMILES string of the molecule is O=C(NCc1nnc2n1CCCCC2)c1cccnc1Oc1ccc(Br)cc1. The number of amides is 1. The normalized spacial score (nSPS) is 13.5. The fraction of sp³-hybridized carbons (Fsp3) is 0.300. The van der Waals surface area contributed by atoms with Crippen LogP contribution >= 0.6 is 15.9 Å². The number of rotatable bonds is 5. The summed E-state index contributed by atoms with van der Waals surface area (Å²) in [6, 6.07) is 10.8.